The first-order valence-electron chi connectivity index (χ1n) is 3.12. The van der Waals surface area contributed by atoms with E-state index in [2.05, 4.69) is 0 Å². The van der Waals surface area contributed by atoms with Crippen LogP contribution in [0.4, 0.5) is 0 Å². The monoisotopic (exact) mass is 179 g/mol. The van der Waals surface area contributed by atoms with Crippen LogP contribution in [-0.2, 0) is 10.0 Å². The quantitative estimate of drug-likeness (QED) is 0.444. The zero-order valence-corrected chi connectivity index (χ0v) is 7.64. The lowest BCUT2D eigenvalue weighted by Crippen LogP contribution is -2.41. The fraction of sp³-hybridized carbons (Fsp3) is 0.800. The molecule has 0 aliphatic rings. The highest BCUT2D eigenvalue weighted by atomic mass is 32.2. The van der Waals surface area contributed by atoms with E-state index in [-0.39, 0.29) is 0 Å². The molecule has 0 unspecified atom stereocenters. The molecule has 0 bridgehead atoms. The summed E-state index contributed by atoms with van der Waals surface area (Å²) in [5.41, 5.74) is 4.99. The summed E-state index contributed by atoms with van der Waals surface area (Å²) in [7, 11) is -2.13. The lowest BCUT2D eigenvalue weighted by atomic mass is 10.6. The molecule has 11 heavy (non-hydrogen) atoms. The van der Waals surface area contributed by atoms with Crippen molar-refractivity contribution in [2.24, 2.45) is 5.73 Å². The van der Waals surface area contributed by atoms with Gasteiger partial charge in [-0.15, -0.1) is 0 Å². The molecule has 3 N–H and O–H groups in total. The second kappa shape index (κ2) is 3.08. The average Bonchev–Trinajstić information content (AvgIpc) is 1.85. The minimum absolute atomic E-state index is 0.460. The van der Waals surface area contributed by atoms with E-state index in [1.54, 1.807) is 0 Å². The van der Waals surface area contributed by atoms with Gasteiger partial charge in [0.15, 0.2) is 0 Å². The molecular weight excluding hydrogens is 166 g/mol. The van der Waals surface area contributed by atoms with Crippen molar-refractivity contribution in [1.82, 2.24) is 4.31 Å². The third-order valence-corrected chi connectivity index (χ3v) is 3.47. The summed E-state index contributed by atoms with van der Waals surface area (Å²) in [6, 6.07) is 0. The number of hydrogen-bond donors (Lipinski definition) is 2. The van der Waals surface area contributed by atoms with Crippen molar-refractivity contribution in [2.75, 3.05) is 7.05 Å². The number of nitrogens with one attached hydrogen (secondary N) is 1. The van der Waals surface area contributed by atoms with E-state index in [1.165, 1.54) is 20.9 Å². The van der Waals surface area contributed by atoms with Gasteiger partial charge in [0.1, 0.15) is 0 Å². The maximum absolute atomic E-state index is 11.2. The fourth-order valence-electron chi connectivity index (χ4n) is 0.453. The number of nitrogens with two attached hydrogens (primary N) is 1. The Balaban J connectivity index is 4.72. The lowest BCUT2D eigenvalue weighted by Gasteiger charge is -2.19. The van der Waals surface area contributed by atoms with E-state index < -0.39 is 21.2 Å². The fourth-order valence-corrected chi connectivity index (χ4v) is 1.36. The lowest BCUT2D eigenvalue weighted by molar-refractivity contribution is 0.540. The van der Waals surface area contributed by atoms with Crippen molar-refractivity contribution in [3.05, 3.63) is 0 Å². The Hall–Kier alpha value is -0.780. The van der Waals surface area contributed by atoms with Crippen LogP contribution in [0.1, 0.15) is 13.8 Å². The number of hydrogen-bond acceptors (Lipinski definition) is 3. The van der Waals surface area contributed by atoms with Gasteiger partial charge in [0.2, 0.25) is 16.0 Å². The molecule has 0 aromatic rings. The number of guanidine groups is 1. The summed E-state index contributed by atoms with van der Waals surface area (Å²) in [6.07, 6.45) is 0. The van der Waals surface area contributed by atoms with Gasteiger partial charge < -0.3 is 5.73 Å². The van der Waals surface area contributed by atoms with Gasteiger partial charge in [-0.05, 0) is 13.8 Å². The van der Waals surface area contributed by atoms with Crippen molar-refractivity contribution in [3.8, 4) is 0 Å². The normalized spacial score (nSPS) is 11.6. The molecule has 0 radical (unpaired) electrons. The van der Waals surface area contributed by atoms with E-state index >= 15 is 0 Å². The minimum Gasteiger partial charge on any atom is -0.369 e. The van der Waals surface area contributed by atoms with Gasteiger partial charge in [-0.2, -0.15) is 0 Å². The predicted molar refractivity (Wildman–Crippen MR) is 43.7 cm³/mol. The first-order chi connectivity index (χ1) is 4.80. The molecule has 0 aliphatic heterocycles. The second-order valence-corrected chi connectivity index (χ2v) is 4.97. The van der Waals surface area contributed by atoms with Crippen molar-refractivity contribution < 1.29 is 8.42 Å². The molecule has 0 amide bonds. The van der Waals surface area contributed by atoms with Crippen LogP contribution in [0.5, 0.6) is 0 Å². The standard InChI is InChI=1S/C5H13N3O2S/c1-4(2)11(9,10)8(3)5(6)7/h4H,1-3H3,(H3,6,7). The summed E-state index contributed by atoms with van der Waals surface area (Å²) < 4.78 is 23.1. The zero-order valence-electron chi connectivity index (χ0n) is 6.83. The highest BCUT2D eigenvalue weighted by Crippen LogP contribution is 2.03. The molecule has 0 saturated carbocycles. The second-order valence-electron chi connectivity index (χ2n) is 2.45. The number of rotatable bonds is 2. The van der Waals surface area contributed by atoms with Crippen molar-refractivity contribution >= 4 is 16.0 Å². The van der Waals surface area contributed by atoms with E-state index in [0.29, 0.717) is 0 Å². The van der Waals surface area contributed by atoms with Crippen molar-refractivity contribution in [3.63, 3.8) is 0 Å². The SMILES string of the molecule is CC(C)S(=O)(=O)N(C)C(=N)N. The Labute approximate surface area is 66.7 Å². The molecule has 0 aromatic heterocycles. The molecule has 5 nitrogen and oxygen atoms in total. The van der Waals surface area contributed by atoms with Crippen LogP contribution in [0.2, 0.25) is 0 Å². The van der Waals surface area contributed by atoms with Crippen LogP contribution in [0, 0.1) is 5.41 Å². The van der Waals surface area contributed by atoms with Gasteiger partial charge in [0.05, 0.1) is 5.25 Å². The molecule has 0 heterocycles. The molecule has 0 saturated heterocycles. The van der Waals surface area contributed by atoms with Crippen LogP contribution in [0.25, 0.3) is 0 Å². The van der Waals surface area contributed by atoms with E-state index in [9.17, 15) is 8.42 Å². The van der Waals surface area contributed by atoms with Gasteiger partial charge in [0, 0.05) is 7.05 Å². The Morgan fingerprint density at radius 3 is 2.00 bits per heavy atom. The third kappa shape index (κ3) is 2.07. The number of sulfonamides is 1. The van der Waals surface area contributed by atoms with Gasteiger partial charge in [0.25, 0.3) is 0 Å². The Morgan fingerprint density at radius 1 is 1.55 bits per heavy atom. The Kier molecular flexibility index (Phi) is 2.86. The van der Waals surface area contributed by atoms with Crippen molar-refractivity contribution in [1.29, 1.82) is 5.41 Å². The summed E-state index contributed by atoms with van der Waals surface area (Å²) >= 11 is 0. The van der Waals surface area contributed by atoms with Crippen molar-refractivity contribution in [2.45, 2.75) is 19.1 Å². The summed E-state index contributed by atoms with van der Waals surface area (Å²) in [6.45, 7) is 3.07. The van der Waals surface area contributed by atoms with Gasteiger partial charge in [-0.1, -0.05) is 0 Å². The van der Waals surface area contributed by atoms with Gasteiger partial charge in [-0.3, -0.25) is 5.41 Å². The Bertz CT molecular complexity index is 244. The third-order valence-electron chi connectivity index (χ3n) is 1.32. The molecular formula is C5H13N3O2S. The average molecular weight is 179 g/mol. The highest BCUT2D eigenvalue weighted by Gasteiger charge is 2.22. The molecule has 6 heteroatoms. The predicted octanol–water partition coefficient (Wildman–Crippen LogP) is -0.450. The first kappa shape index (κ1) is 10.2. The van der Waals surface area contributed by atoms with Gasteiger partial charge >= 0.3 is 0 Å². The molecule has 0 fully saturated rings. The number of nitrogens with zero attached hydrogens (tertiary/aromatic N) is 1. The maximum atomic E-state index is 11.2. The highest BCUT2D eigenvalue weighted by molar-refractivity contribution is 7.90. The van der Waals surface area contributed by atoms with Crippen LogP contribution < -0.4 is 5.73 Å². The topological polar surface area (TPSA) is 87.2 Å². The van der Waals surface area contributed by atoms with E-state index in [4.69, 9.17) is 11.1 Å². The van der Waals surface area contributed by atoms with Crippen LogP contribution in [0.15, 0.2) is 0 Å². The molecule has 0 aliphatic carbocycles. The summed E-state index contributed by atoms with van der Waals surface area (Å²) in [5, 5.41) is 6.33. The maximum Gasteiger partial charge on any atom is 0.239 e. The Morgan fingerprint density at radius 2 is 1.91 bits per heavy atom. The summed E-state index contributed by atoms with van der Waals surface area (Å²) in [5.74, 6) is -0.460. The zero-order chi connectivity index (χ0) is 9.23. The van der Waals surface area contributed by atoms with E-state index in [0.717, 1.165) is 4.31 Å². The van der Waals surface area contributed by atoms with Crippen LogP contribution in [0.3, 0.4) is 0 Å². The summed E-state index contributed by atoms with van der Waals surface area (Å²) in [4.78, 5) is 0. The largest absolute Gasteiger partial charge is 0.369 e. The molecule has 0 atom stereocenters. The van der Waals surface area contributed by atoms with Crippen LogP contribution in [-0.4, -0.2) is 31.0 Å². The smallest absolute Gasteiger partial charge is 0.239 e. The van der Waals surface area contributed by atoms with Crippen LogP contribution >= 0.6 is 0 Å². The molecule has 66 valence electrons. The molecule has 0 aromatic carbocycles. The molecule has 0 rings (SSSR count). The molecule has 0 spiro atoms. The van der Waals surface area contributed by atoms with E-state index in [1.807, 2.05) is 0 Å². The minimum atomic E-state index is -3.39. The first-order valence-corrected chi connectivity index (χ1v) is 4.62. The van der Waals surface area contributed by atoms with Gasteiger partial charge in [-0.25, -0.2) is 12.7 Å².